The second kappa shape index (κ2) is 4.13. The SMILES string of the molecule is Cc1ccccc1N1C(C)C2(C)CCC1(C)c1cscc12. The minimum absolute atomic E-state index is 0.151. The highest BCUT2D eigenvalue weighted by molar-refractivity contribution is 7.08. The molecule has 2 aromatic rings. The van der Waals surface area contributed by atoms with Crippen molar-refractivity contribution in [2.24, 2.45) is 0 Å². The molecule has 3 heterocycles. The van der Waals surface area contributed by atoms with E-state index in [-0.39, 0.29) is 11.0 Å². The molecule has 3 aliphatic rings. The number of anilines is 1. The van der Waals surface area contributed by atoms with Gasteiger partial charge in [0.2, 0.25) is 0 Å². The van der Waals surface area contributed by atoms with E-state index in [4.69, 9.17) is 0 Å². The number of nitrogens with zero attached hydrogens (tertiary/aromatic N) is 1. The smallest absolute Gasteiger partial charge is 0.0640 e. The summed E-state index contributed by atoms with van der Waals surface area (Å²) < 4.78 is 0. The lowest BCUT2D eigenvalue weighted by Crippen LogP contribution is -2.65. The highest BCUT2D eigenvalue weighted by Crippen LogP contribution is 2.59. The van der Waals surface area contributed by atoms with E-state index >= 15 is 0 Å². The Hall–Kier alpha value is -1.28. The molecular formula is C19H23NS. The Bertz CT molecular complexity index is 703. The quantitative estimate of drug-likeness (QED) is 0.696. The van der Waals surface area contributed by atoms with Crippen LogP contribution in [-0.4, -0.2) is 6.04 Å². The van der Waals surface area contributed by atoms with Crippen molar-refractivity contribution < 1.29 is 0 Å². The number of para-hydroxylation sites is 1. The Morgan fingerprint density at radius 1 is 1.10 bits per heavy atom. The molecule has 2 bridgehead atoms. The molecule has 1 fully saturated rings. The molecule has 0 amide bonds. The van der Waals surface area contributed by atoms with Gasteiger partial charge in [-0.1, -0.05) is 25.1 Å². The maximum Gasteiger partial charge on any atom is 0.0640 e. The largest absolute Gasteiger partial charge is 0.358 e. The van der Waals surface area contributed by atoms with Gasteiger partial charge in [0.25, 0.3) is 0 Å². The van der Waals surface area contributed by atoms with Gasteiger partial charge in [-0.05, 0) is 67.1 Å². The Morgan fingerprint density at radius 2 is 1.81 bits per heavy atom. The van der Waals surface area contributed by atoms with E-state index < -0.39 is 0 Å². The maximum absolute atomic E-state index is 2.71. The van der Waals surface area contributed by atoms with Crippen LogP contribution in [0.3, 0.4) is 0 Å². The van der Waals surface area contributed by atoms with Gasteiger partial charge in [-0.25, -0.2) is 0 Å². The fourth-order valence-corrected chi connectivity index (χ4v) is 5.75. The van der Waals surface area contributed by atoms with Crippen LogP contribution in [0.4, 0.5) is 5.69 Å². The molecule has 1 saturated heterocycles. The van der Waals surface area contributed by atoms with Gasteiger partial charge in [0.15, 0.2) is 0 Å². The van der Waals surface area contributed by atoms with E-state index in [0.29, 0.717) is 6.04 Å². The first-order chi connectivity index (χ1) is 9.98. The Morgan fingerprint density at radius 3 is 2.57 bits per heavy atom. The summed E-state index contributed by atoms with van der Waals surface area (Å²) in [6.45, 7) is 9.57. The first-order valence-electron chi connectivity index (χ1n) is 7.90. The maximum atomic E-state index is 2.71. The van der Waals surface area contributed by atoms with Gasteiger partial charge in [0, 0.05) is 17.1 Å². The molecule has 2 aliphatic heterocycles. The number of thiophene rings is 1. The van der Waals surface area contributed by atoms with Crippen molar-refractivity contribution in [3.8, 4) is 0 Å². The van der Waals surface area contributed by atoms with Gasteiger partial charge in [-0.2, -0.15) is 11.3 Å². The highest BCUT2D eigenvalue weighted by Gasteiger charge is 2.56. The van der Waals surface area contributed by atoms with Gasteiger partial charge >= 0.3 is 0 Å². The van der Waals surface area contributed by atoms with Gasteiger partial charge in [0.1, 0.15) is 0 Å². The van der Waals surface area contributed by atoms with E-state index in [1.165, 1.54) is 24.1 Å². The van der Waals surface area contributed by atoms with Crippen LogP contribution in [0.2, 0.25) is 0 Å². The summed E-state index contributed by atoms with van der Waals surface area (Å²) in [6.07, 6.45) is 2.56. The fourth-order valence-electron chi connectivity index (χ4n) is 4.63. The molecule has 1 aromatic carbocycles. The van der Waals surface area contributed by atoms with Crippen molar-refractivity contribution >= 4 is 17.0 Å². The average Bonchev–Trinajstić information content (AvgIpc) is 2.96. The molecule has 0 saturated carbocycles. The molecule has 5 rings (SSSR count). The van der Waals surface area contributed by atoms with E-state index in [2.05, 4.69) is 67.6 Å². The summed E-state index contributed by atoms with van der Waals surface area (Å²) in [6, 6.07) is 9.40. The van der Waals surface area contributed by atoms with Crippen LogP contribution in [0.15, 0.2) is 35.0 Å². The van der Waals surface area contributed by atoms with Crippen molar-refractivity contribution in [1.29, 1.82) is 0 Å². The number of benzene rings is 1. The number of hydrogen-bond donors (Lipinski definition) is 0. The Labute approximate surface area is 131 Å². The van der Waals surface area contributed by atoms with Crippen LogP contribution in [0.5, 0.6) is 0 Å². The fraction of sp³-hybridized carbons (Fsp3) is 0.474. The zero-order chi connectivity index (χ0) is 14.8. The molecule has 0 N–H and O–H groups in total. The molecule has 110 valence electrons. The Kier molecular flexibility index (Phi) is 2.63. The lowest BCUT2D eigenvalue weighted by molar-refractivity contribution is 0.167. The summed E-state index contributed by atoms with van der Waals surface area (Å²) in [5.74, 6) is 0. The molecule has 2 heteroatoms. The van der Waals surface area contributed by atoms with E-state index in [1.54, 1.807) is 11.1 Å². The van der Waals surface area contributed by atoms with Gasteiger partial charge in [-0.15, -0.1) is 0 Å². The number of rotatable bonds is 1. The topological polar surface area (TPSA) is 3.24 Å². The van der Waals surface area contributed by atoms with Crippen molar-refractivity contribution in [2.45, 2.75) is 57.5 Å². The third-order valence-corrected chi connectivity index (χ3v) is 6.95. The molecular weight excluding hydrogens is 274 g/mol. The molecule has 1 nitrogen and oxygen atoms in total. The van der Waals surface area contributed by atoms with Crippen molar-refractivity contribution in [3.05, 3.63) is 51.7 Å². The van der Waals surface area contributed by atoms with Crippen LogP contribution in [0.1, 0.15) is 50.3 Å². The second-order valence-corrected chi connectivity index (χ2v) is 7.97. The third-order valence-electron chi connectivity index (χ3n) is 6.20. The minimum atomic E-state index is 0.151. The van der Waals surface area contributed by atoms with Crippen LogP contribution < -0.4 is 4.90 Å². The number of hydrogen-bond acceptors (Lipinski definition) is 2. The van der Waals surface area contributed by atoms with Gasteiger partial charge in [0.05, 0.1) is 5.54 Å². The summed E-state index contributed by atoms with van der Waals surface area (Å²) in [5, 5.41) is 4.79. The predicted molar refractivity (Wildman–Crippen MR) is 91.4 cm³/mol. The van der Waals surface area contributed by atoms with Crippen LogP contribution in [0, 0.1) is 6.92 Å². The monoisotopic (exact) mass is 297 g/mol. The summed E-state index contributed by atoms with van der Waals surface area (Å²) in [4.78, 5) is 2.71. The first-order valence-corrected chi connectivity index (χ1v) is 8.85. The molecule has 3 unspecified atom stereocenters. The molecule has 0 radical (unpaired) electrons. The summed E-state index contributed by atoms with van der Waals surface area (Å²) >= 11 is 1.88. The first kappa shape index (κ1) is 13.4. The molecule has 21 heavy (non-hydrogen) atoms. The standard InChI is InChI=1S/C19H23NS/c1-13-7-5-6-8-17(13)20-14(2)18(3)9-10-19(20,4)16-12-21-11-15(16)18/h5-8,11-12,14H,9-10H2,1-4H3. The van der Waals surface area contributed by atoms with E-state index in [9.17, 15) is 0 Å². The second-order valence-electron chi connectivity index (χ2n) is 7.22. The highest BCUT2D eigenvalue weighted by atomic mass is 32.1. The van der Waals surface area contributed by atoms with Crippen molar-refractivity contribution in [3.63, 3.8) is 0 Å². The number of aryl methyl sites for hydroxylation is 1. The van der Waals surface area contributed by atoms with Gasteiger partial charge in [-0.3, -0.25) is 0 Å². The van der Waals surface area contributed by atoms with Crippen molar-refractivity contribution in [1.82, 2.24) is 0 Å². The molecule has 3 atom stereocenters. The summed E-state index contributed by atoms with van der Waals surface area (Å²) in [5.41, 5.74) is 6.42. The van der Waals surface area contributed by atoms with Crippen LogP contribution >= 0.6 is 11.3 Å². The van der Waals surface area contributed by atoms with E-state index in [0.717, 1.165) is 0 Å². The Balaban J connectivity index is 1.97. The average molecular weight is 297 g/mol. The zero-order valence-electron chi connectivity index (χ0n) is 13.3. The lowest BCUT2D eigenvalue weighted by atomic mass is 9.57. The van der Waals surface area contributed by atoms with Gasteiger partial charge < -0.3 is 4.90 Å². The molecule has 1 aromatic heterocycles. The third kappa shape index (κ3) is 1.52. The zero-order valence-corrected chi connectivity index (χ0v) is 14.1. The van der Waals surface area contributed by atoms with Crippen molar-refractivity contribution in [2.75, 3.05) is 4.90 Å². The molecule has 1 aliphatic carbocycles. The van der Waals surface area contributed by atoms with E-state index in [1.807, 2.05) is 11.3 Å². The summed E-state index contributed by atoms with van der Waals surface area (Å²) in [7, 11) is 0. The number of fused-ring (bicyclic) bond motifs is 2. The lowest BCUT2D eigenvalue weighted by Gasteiger charge is -2.62. The van der Waals surface area contributed by atoms with Crippen LogP contribution in [-0.2, 0) is 11.0 Å². The number of piperidine rings is 1. The molecule has 0 spiro atoms. The normalized spacial score (nSPS) is 34.1. The predicted octanol–water partition coefficient (Wildman–Crippen LogP) is 5.23. The van der Waals surface area contributed by atoms with Crippen LogP contribution in [0.25, 0.3) is 0 Å². The minimum Gasteiger partial charge on any atom is -0.358 e.